The minimum atomic E-state index is 0.211. The van der Waals surface area contributed by atoms with Crippen molar-refractivity contribution in [3.8, 4) is 0 Å². The first-order valence-electron chi connectivity index (χ1n) is 8.08. The number of rotatable bonds is 5. The van der Waals surface area contributed by atoms with Crippen molar-refractivity contribution >= 4 is 51.0 Å². The molecule has 132 valence electrons. The summed E-state index contributed by atoms with van der Waals surface area (Å²) in [5.41, 5.74) is 1.19. The molecule has 1 aliphatic heterocycles. The summed E-state index contributed by atoms with van der Waals surface area (Å²) in [6.45, 7) is 3.14. The largest absolute Gasteiger partial charge is 0.353 e. The van der Waals surface area contributed by atoms with Crippen molar-refractivity contribution in [1.29, 1.82) is 0 Å². The van der Waals surface area contributed by atoms with E-state index < -0.39 is 0 Å². The van der Waals surface area contributed by atoms with Crippen LogP contribution in [0.4, 0.5) is 5.82 Å². The number of amides is 1. The topological polar surface area (TPSA) is 36.4 Å². The summed E-state index contributed by atoms with van der Waals surface area (Å²) in [6, 6.07) is 11.8. The highest BCUT2D eigenvalue weighted by Crippen LogP contribution is 2.18. The van der Waals surface area contributed by atoms with E-state index in [1.807, 2.05) is 41.3 Å². The molecular formula is C18H19BrClN3OS. The second kappa shape index (κ2) is 8.92. The zero-order valence-corrected chi connectivity index (χ0v) is 16.9. The first kappa shape index (κ1) is 18.5. The highest BCUT2D eigenvalue weighted by molar-refractivity contribution is 9.10. The highest BCUT2D eigenvalue weighted by atomic mass is 79.9. The van der Waals surface area contributed by atoms with Gasteiger partial charge in [-0.1, -0.05) is 23.7 Å². The number of carbonyl (C=O) groups is 1. The zero-order valence-electron chi connectivity index (χ0n) is 13.7. The number of piperazine rings is 1. The maximum atomic E-state index is 12.4. The van der Waals surface area contributed by atoms with E-state index in [-0.39, 0.29) is 5.91 Å². The van der Waals surface area contributed by atoms with Gasteiger partial charge >= 0.3 is 0 Å². The number of benzene rings is 1. The van der Waals surface area contributed by atoms with E-state index in [0.29, 0.717) is 5.75 Å². The summed E-state index contributed by atoms with van der Waals surface area (Å²) in [4.78, 5) is 21.0. The van der Waals surface area contributed by atoms with Crippen LogP contribution in [0.1, 0.15) is 5.56 Å². The molecule has 25 heavy (non-hydrogen) atoms. The maximum Gasteiger partial charge on any atom is 0.232 e. The van der Waals surface area contributed by atoms with Gasteiger partial charge in [0.2, 0.25) is 5.91 Å². The summed E-state index contributed by atoms with van der Waals surface area (Å²) >= 11 is 10.9. The van der Waals surface area contributed by atoms with Gasteiger partial charge in [0.1, 0.15) is 5.82 Å². The average Bonchev–Trinajstić information content (AvgIpc) is 2.64. The summed E-state index contributed by atoms with van der Waals surface area (Å²) in [6.07, 6.45) is 1.81. The number of hydrogen-bond acceptors (Lipinski definition) is 4. The van der Waals surface area contributed by atoms with Gasteiger partial charge in [0.25, 0.3) is 0 Å². The molecule has 0 unspecified atom stereocenters. The Bertz CT molecular complexity index is 703. The van der Waals surface area contributed by atoms with Crippen molar-refractivity contribution < 1.29 is 4.79 Å². The first-order chi connectivity index (χ1) is 12.1. The highest BCUT2D eigenvalue weighted by Gasteiger charge is 2.21. The third kappa shape index (κ3) is 5.36. The molecule has 3 rings (SSSR count). The third-order valence-electron chi connectivity index (χ3n) is 4.08. The molecule has 0 bridgehead atoms. The molecule has 4 nitrogen and oxygen atoms in total. The Morgan fingerprint density at radius 3 is 2.48 bits per heavy atom. The van der Waals surface area contributed by atoms with Crippen LogP contribution >= 0.6 is 39.3 Å². The fourth-order valence-corrected chi connectivity index (χ4v) is 3.92. The SMILES string of the molecule is O=C(CSCc1ccc(Cl)cc1)N1CCN(c2ccc(Br)cn2)CC1. The molecule has 0 aliphatic carbocycles. The summed E-state index contributed by atoms with van der Waals surface area (Å²) in [5, 5.41) is 0.739. The maximum absolute atomic E-state index is 12.4. The van der Waals surface area contributed by atoms with Gasteiger partial charge in [0, 0.05) is 47.6 Å². The van der Waals surface area contributed by atoms with Crippen LogP contribution < -0.4 is 4.90 Å². The Balaban J connectivity index is 1.42. The van der Waals surface area contributed by atoms with Crippen LogP contribution in [0, 0.1) is 0 Å². The van der Waals surface area contributed by atoms with Gasteiger partial charge in [-0.3, -0.25) is 4.79 Å². The minimum Gasteiger partial charge on any atom is -0.353 e. The molecule has 2 aromatic rings. The Labute approximate surface area is 165 Å². The lowest BCUT2D eigenvalue weighted by Gasteiger charge is -2.35. The lowest BCUT2D eigenvalue weighted by atomic mass is 10.2. The fourth-order valence-electron chi connectivity index (χ4n) is 2.67. The Kier molecular flexibility index (Phi) is 6.62. The number of carbonyl (C=O) groups excluding carboxylic acids is 1. The summed E-state index contributed by atoms with van der Waals surface area (Å²) in [7, 11) is 0. The number of nitrogens with zero attached hydrogens (tertiary/aromatic N) is 3. The Hall–Kier alpha value is -1.24. The molecule has 0 atom stereocenters. The predicted octanol–water partition coefficient (Wildman–Crippen LogP) is 4.08. The van der Waals surface area contributed by atoms with E-state index in [4.69, 9.17) is 11.6 Å². The van der Waals surface area contributed by atoms with Crippen LogP contribution in [0.3, 0.4) is 0 Å². The van der Waals surface area contributed by atoms with Crippen LogP contribution in [-0.4, -0.2) is 47.7 Å². The third-order valence-corrected chi connectivity index (χ3v) is 5.79. The molecule has 2 heterocycles. The minimum absolute atomic E-state index is 0.211. The lowest BCUT2D eigenvalue weighted by molar-refractivity contribution is -0.128. The second-order valence-electron chi connectivity index (χ2n) is 5.82. The number of thioether (sulfide) groups is 1. The van der Waals surface area contributed by atoms with Crippen LogP contribution in [0.2, 0.25) is 5.02 Å². The molecule has 1 aliphatic rings. The molecule has 1 aromatic heterocycles. The quantitative estimate of drug-likeness (QED) is 0.702. The molecule has 1 amide bonds. The summed E-state index contributed by atoms with van der Waals surface area (Å²) < 4.78 is 0.975. The van der Waals surface area contributed by atoms with E-state index in [1.54, 1.807) is 18.0 Å². The molecular weight excluding hydrogens is 422 g/mol. The Morgan fingerprint density at radius 1 is 1.12 bits per heavy atom. The van der Waals surface area contributed by atoms with Gasteiger partial charge in [-0.25, -0.2) is 4.98 Å². The van der Waals surface area contributed by atoms with Crippen LogP contribution in [0.15, 0.2) is 47.1 Å². The predicted molar refractivity (Wildman–Crippen MR) is 108 cm³/mol. The van der Waals surface area contributed by atoms with Crippen LogP contribution in [0.25, 0.3) is 0 Å². The van der Waals surface area contributed by atoms with E-state index >= 15 is 0 Å². The number of pyridine rings is 1. The number of halogens is 2. The van der Waals surface area contributed by atoms with Gasteiger partial charge in [0.05, 0.1) is 5.75 Å². The lowest BCUT2D eigenvalue weighted by Crippen LogP contribution is -2.49. The average molecular weight is 441 g/mol. The van der Waals surface area contributed by atoms with Crippen molar-refractivity contribution in [2.45, 2.75) is 5.75 Å². The zero-order chi connectivity index (χ0) is 17.6. The van der Waals surface area contributed by atoms with Gasteiger partial charge in [0.15, 0.2) is 0 Å². The molecule has 7 heteroatoms. The normalized spacial score (nSPS) is 14.6. The van der Waals surface area contributed by atoms with Crippen molar-refractivity contribution in [2.24, 2.45) is 0 Å². The Morgan fingerprint density at radius 2 is 1.84 bits per heavy atom. The fraction of sp³-hybridized carbons (Fsp3) is 0.333. The molecule has 0 spiro atoms. The van der Waals surface area contributed by atoms with Crippen molar-refractivity contribution in [1.82, 2.24) is 9.88 Å². The van der Waals surface area contributed by atoms with E-state index in [2.05, 4.69) is 25.8 Å². The van der Waals surface area contributed by atoms with E-state index in [1.165, 1.54) is 5.56 Å². The number of anilines is 1. The van der Waals surface area contributed by atoms with Crippen LogP contribution in [-0.2, 0) is 10.5 Å². The van der Waals surface area contributed by atoms with Crippen molar-refractivity contribution in [3.63, 3.8) is 0 Å². The molecule has 0 saturated carbocycles. The number of aromatic nitrogens is 1. The smallest absolute Gasteiger partial charge is 0.232 e. The van der Waals surface area contributed by atoms with Crippen molar-refractivity contribution in [3.05, 3.63) is 57.7 Å². The molecule has 1 aromatic carbocycles. The first-order valence-corrected chi connectivity index (χ1v) is 10.4. The van der Waals surface area contributed by atoms with Crippen molar-refractivity contribution in [2.75, 3.05) is 36.8 Å². The van der Waals surface area contributed by atoms with Gasteiger partial charge < -0.3 is 9.80 Å². The molecule has 1 saturated heterocycles. The standard InChI is InChI=1S/C18H19BrClN3OS/c19-15-3-6-17(21-11-15)22-7-9-23(10-8-22)18(24)13-25-12-14-1-4-16(20)5-2-14/h1-6,11H,7-10,12-13H2. The number of hydrogen-bond donors (Lipinski definition) is 0. The van der Waals surface area contributed by atoms with Gasteiger partial charge in [-0.05, 0) is 45.8 Å². The van der Waals surface area contributed by atoms with Gasteiger partial charge in [-0.15, -0.1) is 11.8 Å². The molecule has 0 N–H and O–H groups in total. The van der Waals surface area contributed by atoms with E-state index in [0.717, 1.165) is 47.2 Å². The molecule has 0 radical (unpaired) electrons. The van der Waals surface area contributed by atoms with Gasteiger partial charge in [-0.2, -0.15) is 0 Å². The summed E-state index contributed by atoms with van der Waals surface area (Å²) in [5.74, 6) is 2.51. The van der Waals surface area contributed by atoms with E-state index in [9.17, 15) is 4.79 Å². The molecule has 1 fully saturated rings. The van der Waals surface area contributed by atoms with Crippen LogP contribution in [0.5, 0.6) is 0 Å². The second-order valence-corrected chi connectivity index (χ2v) is 8.16. The monoisotopic (exact) mass is 439 g/mol.